The number of carbonyl (C=O) groups is 1. The molecule has 0 amide bonds. The van der Waals surface area contributed by atoms with E-state index in [0.29, 0.717) is 12.2 Å². The molecule has 1 heterocycles. The Kier molecular flexibility index (Phi) is 3.93. The van der Waals surface area contributed by atoms with Crippen LogP contribution in [0.25, 0.3) is 0 Å². The monoisotopic (exact) mass is 250 g/mol. The summed E-state index contributed by atoms with van der Waals surface area (Å²) in [6, 6.07) is 3.21. The van der Waals surface area contributed by atoms with Gasteiger partial charge >= 0.3 is 5.97 Å². The van der Waals surface area contributed by atoms with Crippen molar-refractivity contribution in [2.45, 2.75) is 31.4 Å². The number of nitrogens with one attached hydrogen (secondary N) is 1. The topological polar surface area (TPSA) is 71.5 Å². The van der Waals surface area contributed by atoms with Crippen LogP contribution < -0.4 is 5.32 Å². The minimum Gasteiger partial charge on any atom is -0.478 e. The summed E-state index contributed by atoms with van der Waals surface area (Å²) in [6.45, 7) is 1.19. The molecule has 0 radical (unpaired) electrons. The van der Waals surface area contributed by atoms with Crippen LogP contribution in [0.4, 0.5) is 0 Å². The highest BCUT2D eigenvalue weighted by atomic mass is 16.5. The smallest absolute Gasteiger partial charge is 0.337 e. The zero-order chi connectivity index (χ0) is 13.0. The third-order valence-electron chi connectivity index (χ3n) is 3.56. The van der Waals surface area contributed by atoms with E-state index < -0.39 is 5.97 Å². The van der Waals surface area contributed by atoms with Crippen molar-refractivity contribution in [1.29, 1.82) is 0 Å². The van der Waals surface area contributed by atoms with Crippen molar-refractivity contribution < 1.29 is 14.6 Å². The lowest BCUT2D eigenvalue weighted by Gasteiger charge is -2.40. The molecule has 0 saturated heterocycles. The number of aromatic carboxylic acids is 1. The van der Waals surface area contributed by atoms with Crippen LogP contribution in [-0.2, 0) is 11.3 Å². The Hall–Kier alpha value is -1.46. The summed E-state index contributed by atoms with van der Waals surface area (Å²) >= 11 is 0. The first-order valence-electron chi connectivity index (χ1n) is 6.10. The number of carboxylic acid groups (broad SMARTS) is 1. The molecule has 1 aromatic heterocycles. The van der Waals surface area contributed by atoms with Crippen LogP contribution in [0, 0.1) is 0 Å². The summed E-state index contributed by atoms with van der Waals surface area (Å²) in [6.07, 6.45) is 4.92. The summed E-state index contributed by atoms with van der Waals surface area (Å²) in [5.41, 5.74) is 0.763. The molecule has 0 spiro atoms. The molecule has 0 aliphatic heterocycles. The maximum Gasteiger partial charge on any atom is 0.337 e. The Morgan fingerprint density at radius 3 is 2.94 bits per heavy atom. The van der Waals surface area contributed by atoms with Crippen molar-refractivity contribution >= 4 is 5.97 Å². The molecule has 1 aliphatic rings. The number of hydrogen-bond donors (Lipinski definition) is 2. The number of hydrogen-bond acceptors (Lipinski definition) is 4. The maximum atomic E-state index is 11.0. The average Bonchev–Trinajstić information content (AvgIpc) is 2.33. The zero-order valence-corrected chi connectivity index (χ0v) is 10.5. The second-order valence-corrected chi connectivity index (χ2v) is 4.65. The molecule has 5 heteroatoms. The molecule has 0 aromatic carbocycles. The van der Waals surface area contributed by atoms with Crippen molar-refractivity contribution in [2.75, 3.05) is 13.7 Å². The van der Waals surface area contributed by atoms with E-state index in [2.05, 4.69) is 10.3 Å². The number of rotatable bonds is 6. The highest BCUT2D eigenvalue weighted by Crippen LogP contribution is 2.34. The second-order valence-electron chi connectivity index (χ2n) is 4.65. The lowest BCUT2D eigenvalue weighted by Crippen LogP contribution is -2.47. The first kappa shape index (κ1) is 13.0. The molecule has 18 heavy (non-hydrogen) atoms. The quantitative estimate of drug-likeness (QED) is 0.799. The largest absolute Gasteiger partial charge is 0.478 e. The Balaban J connectivity index is 1.92. The summed E-state index contributed by atoms with van der Waals surface area (Å²) in [5.74, 6) is -0.940. The maximum absolute atomic E-state index is 11.0. The summed E-state index contributed by atoms with van der Waals surface area (Å²) in [7, 11) is 1.73. The van der Waals surface area contributed by atoms with Gasteiger partial charge in [-0.05, 0) is 31.4 Å². The van der Waals surface area contributed by atoms with Crippen molar-refractivity contribution in [2.24, 2.45) is 0 Å². The van der Waals surface area contributed by atoms with Gasteiger partial charge in [-0.25, -0.2) is 4.79 Å². The molecule has 2 N–H and O–H groups in total. The fraction of sp³-hybridized carbons (Fsp3) is 0.538. The van der Waals surface area contributed by atoms with Gasteiger partial charge in [-0.1, -0.05) is 0 Å². The van der Waals surface area contributed by atoms with E-state index in [1.165, 1.54) is 6.42 Å². The molecule has 98 valence electrons. The van der Waals surface area contributed by atoms with Gasteiger partial charge in [0, 0.05) is 26.4 Å². The van der Waals surface area contributed by atoms with E-state index in [1.54, 1.807) is 25.4 Å². The Morgan fingerprint density at radius 2 is 2.39 bits per heavy atom. The number of carboxylic acids is 1. The predicted molar refractivity (Wildman–Crippen MR) is 66.5 cm³/mol. The summed E-state index contributed by atoms with van der Waals surface area (Å²) in [5, 5.41) is 12.3. The minimum atomic E-state index is -0.940. The Labute approximate surface area is 106 Å². The van der Waals surface area contributed by atoms with Crippen LogP contribution in [0.3, 0.4) is 0 Å². The van der Waals surface area contributed by atoms with Crippen molar-refractivity contribution in [3.63, 3.8) is 0 Å². The molecule has 1 aromatic rings. The van der Waals surface area contributed by atoms with Gasteiger partial charge in [0.2, 0.25) is 0 Å². The van der Waals surface area contributed by atoms with Gasteiger partial charge in [0.25, 0.3) is 0 Å². The fourth-order valence-electron chi connectivity index (χ4n) is 2.21. The van der Waals surface area contributed by atoms with E-state index in [4.69, 9.17) is 9.84 Å². The molecule has 0 atom stereocenters. The predicted octanol–water partition coefficient (Wildman–Crippen LogP) is 1.44. The lowest BCUT2D eigenvalue weighted by atomic mass is 9.80. The van der Waals surface area contributed by atoms with Gasteiger partial charge in [-0.2, -0.15) is 0 Å². The van der Waals surface area contributed by atoms with Crippen LogP contribution in [0.5, 0.6) is 0 Å². The zero-order valence-electron chi connectivity index (χ0n) is 10.5. The molecule has 0 bridgehead atoms. The third kappa shape index (κ3) is 2.68. The normalized spacial score (nSPS) is 17.2. The first-order chi connectivity index (χ1) is 8.67. The number of nitrogens with zero attached hydrogens (tertiary/aromatic N) is 1. The van der Waals surface area contributed by atoms with E-state index in [-0.39, 0.29) is 11.2 Å². The van der Waals surface area contributed by atoms with Gasteiger partial charge in [0.1, 0.15) is 0 Å². The Morgan fingerprint density at radius 1 is 1.61 bits per heavy atom. The van der Waals surface area contributed by atoms with Gasteiger partial charge < -0.3 is 15.2 Å². The van der Waals surface area contributed by atoms with E-state index in [9.17, 15) is 4.79 Å². The van der Waals surface area contributed by atoms with Gasteiger partial charge in [0.15, 0.2) is 0 Å². The average molecular weight is 250 g/mol. The lowest BCUT2D eigenvalue weighted by molar-refractivity contribution is -0.0695. The van der Waals surface area contributed by atoms with Crippen LogP contribution >= 0.6 is 0 Å². The van der Waals surface area contributed by atoms with Gasteiger partial charge in [-0.3, -0.25) is 4.98 Å². The van der Waals surface area contributed by atoms with Gasteiger partial charge in [0.05, 0.1) is 16.9 Å². The minimum absolute atomic E-state index is 0.0574. The molecule has 1 aliphatic carbocycles. The van der Waals surface area contributed by atoms with E-state index in [0.717, 1.165) is 19.4 Å². The standard InChI is InChI=1S/C13H18N2O3/c1-18-13(5-3-6-13)9-14-8-11-10(12(16)17)4-2-7-15-11/h2,4,7,14H,3,5-6,8-9H2,1H3,(H,16,17). The molecular weight excluding hydrogens is 232 g/mol. The molecule has 5 nitrogen and oxygen atoms in total. The summed E-state index contributed by atoms with van der Waals surface area (Å²) < 4.78 is 5.49. The molecule has 0 unspecified atom stereocenters. The highest BCUT2D eigenvalue weighted by Gasteiger charge is 2.36. The van der Waals surface area contributed by atoms with Crippen LogP contribution in [0.2, 0.25) is 0 Å². The number of aromatic nitrogens is 1. The van der Waals surface area contributed by atoms with E-state index in [1.807, 2.05) is 0 Å². The number of ether oxygens (including phenoxy) is 1. The SMILES string of the molecule is COC1(CNCc2ncccc2C(=O)O)CCC1. The number of pyridine rings is 1. The van der Waals surface area contributed by atoms with Crippen LogP contribution in [0.1, 0.15) is 35.3 Å². The second kappa shape index (κ2) is 5.46. The first-order valence-corrected chi connectivity index (χ1v) is 6.10. The Bertz CT molecular complexity index is 424. The molecule has 1 fully saturated rings. The van der Waals surface area contributed by atoms with Gasteiger partial charge in [-0.15, -0.1) is 0 Å². The van der Waals surface area contributed by atoms with Crippen molar-refractivity contribution in [3.8, 4) is 0 Å². The van der Waals surface area contributed by atoms with E-state index >= 15 is 0 Å². The van der Waals surface area contributed by atoms with Crippen LogP contribution in [0.15, 0.2) is 18.3 Å². The van der Waals surface area contributed by atoms with Crippen LogP contribution in [-0.4, -0.2) is 35.3 Å². The highest BCUT2D eigenvalue weighted by molar-refractivity contribution is 5.88. The molecule has 1 saturated carbocycles. The van der Waals surface area contributed by atoms with Crippen molar-refractivity contribution in [3.05, 3.63) is 29.6 Å². The third-order valence-corrected chi connectivity index (χ3v) is 3.56. The number of methoxy groups -OCH3 is 1. The van der Waals surface area contributed by atoms with Crippen molar-refractivity contribution in [1.82, 2.24) is 10.3 Å². The summed E-state index contributed by atoms with van der Waals surface area (Å²) in [4.78, 5) is 15.1. The molecule has 2 rings (SSSR count). The molecular formula is C13H18N2O3. The fourth-order valence-corrected chi connectivity index (χ4v) is 2.21.